The molecule has 1 aromatic carbocycles. The first-order valence-corrected chi connectivity index (χ1v) is 7.22. The van der Waals surface area contributed by atoms with Crippen molar-refractivity contribution in [3.63, 3.8) is 0 Å². The summed E-state index contributed by atoms with van der Waals surface area (Å²) in [6, 6.07) is 5.72. The van der Waals surface area contributed by atoms with Crippen molar-refractivity contribution in [1.82, 2.24) is 4.90 Å². The van der Waals surface area contributed by atoms with E-state index in [1.165, 1.54) is 0 Å². The fourth-order valence-electron chi connectivity index (χ4n) is 2.08. The second kappa shape index (κ2) is 8.46. The first-order valence-electron chi connectivity index (χ1n) is 7.22. The van der Waals surface area contributed by atoms with Gasteiger partial charge in [-0.05, 0) is 39.3 Å². The van der Waals surface area contributed by atoms with Gasteiger partial charge in [0, 0.05) is 24.8 Å². The summed E-state index contributed by atoms with van der Waals surface area (Å²) in [5.41, 5.74) is 7.73. The minimum atomic E-state index is -0.0523. The van der Waals surface area contributed by atoms with Crippen LogP contribution >= 0.6 is 0 Å². The van der Waals surface area contributed by atoms with Gasteiger partial charge in [-0.2, -0.15) is 0 Å². The molecule has 0 saturated carbocycles. The van der Waals surface area contributed by atoms with Crippen molar-refractivity contribution in [1.29, 1.82) is 0 Å². The van der Waals surface area contributed by atoms with Crippen molar-refractivity contribution in [3.8, 4) is 11.8 Å². The number of nitrogens with two attached hydrogens (primary N) is 1. The Balaban J connectivity index is 3.16. The van der Waals surface area contributed by atoms with Gasteiger partial charge in [0.2, 0.25) is 0 Å². The zero-order valence-corrected chi connectivity index (χ0v) is 13.0. The van der Waals surface area contributed by atoms with E-state index in [1.807, 2.05) is 39.0 Å². The number of aryl methyl sites for hydroxylation is 1. The Morgan fingerprint density at radius 2 is 2.14 bits per heavy atom. The lowest BCUT2D eigenvalue weighted by molar-refractivity contribution is 0.0692. The van der Waals surface area contributed by atoms with E-state index in [4.69, 9.17) is 10.8 Å². The third-order valence-corrected chi connectivity index (χ3v) is 3.17. The van der Waals surface area contributed by atoms with Crippen LogP contribution in [-0.4, -0.2) is 41.7 Å². The second-order valence-electron chi connectivity index (χ2n) is 5.22. The maximum atomic E-state index is 12.8. The minimum Gasteiger partial charge on any atom is -0.396 e. The molecule has 4 heteroatoms. The largest absolute Gasteiger partial charge is 0.396 e. The number of benzene rings is 1. The van der Waals surface area contributed by atoms with E-state index >= 15 is 0 Å². The van der Waals surface area contributed by atoms with E-state index in [1.54, 1.807) is 4.90 Å². The molecule has 3 N–H and O–H groups in total. The predicted molar refractivity (Wildman–Crippen MR) is 85.0 cm³/mol. The molecule has 0 radical (unpaired) electrons. The van der Waals surface area contributed by atoms with Gasteiger partial charge in [0.1, 0.15) is 0 Å². The zero-order valence-electron chi connectivity index (χ0n) is 13.0. The molecule has 1 amide bonds. The summed E-state index contributed by atoms with van der Waals surface area (Å²) < 4.78 is 0. The molecule has 21 heavy (non-hydrogen) atoms. The van der Waals surface area contributed by atoms with E-state index in [0.717, 1.165) is 5.56 Å². The number of nitrogens with zero attached hydrogens (tertiary/aromatic N) is 1. The highest BCUT2D eigenvalue weighted by Crippen LogP contribution is 2.16. The molecule has 0 bridgehead atoms. The molecule has 0 heterocycles. The van der Waals surface area contributed by atoms with Gasteiger partial charge in [0.15, 0.2) is 0 Å². The monoisotopic (exact) mass is 288 g/mol. The Kier molecular flexibility index (Phi) is 6.93. The van der Waals surface area contributed by atoms with Crippen LogP contribution in [0.3, 0.4) is 0 Å². The van der Waals surface area contributed by atoms with E-state index < -0.39 is 0 Å². The van der Waals surface area contributed by atoms with Crippen molar-refractivity contribution >= 4 is 5.91 Å². The Hall–Kier alpha value is -1.83. The lowest BCUT2D eigenvalue weighted by Gasteiger charge is -2.27. The summed E-state index contributed by atoms with van der Waals surface area (Å²) in [7, 11) is 0. The summed E-state index contributed by atoms with van der Waals surface area (Å²) in [4.78, 5) is 14.5. The van der Waals surface area contributed by atoms with Gasteiger partial charge in [0.25, 0.3) is 5.91 Å². The Labute approximate surface area is 127 Å². The summed E-state index contributed by atoms with van der Waals surface area (Å²) >= 11 is 0. The zero-order chi connectivity index (χ0) is 15.8. The normalized spacial score (nSPS) is 10.2. The molecule has 4 nitrogen and oxygen atoms in total. The number of hydrogen-bond acceptors (Lipinski definition) is 3. The Morgan fingerprint density at radius 1 is 1.43 bits per heavy atom. The van der Waals surface area contributed by atoms with Gasteiger partial charge in [0.05, 0.1) is 12.1 Å². The number of amides is 1. The molecule has 0 unspecified atom stereocenters. The molecule has 0 aromatic heterocycles. The van der Waals surface area contributed by atoms with Gasteiger partial charge in [-0.25, -0.2) is 0 Å². The topological polar surface area (TPSA) is 66.6 Å². The number of carbonyl (C=O) groups excluding carboxylic acids is 1. The third-order valence-electron chi connectivity index (χ3n) is 3.17. The molecular formula is C17H24N2O2. The van der Waals surface area contributed by atoms with Crippen LogP contribution in [0.25, 0.3) is 0 Å². The molecule has 1 aromatic rings. The number of aliphatic hydroxyl groups excluding tert-OH is 1. The van der Waals surface area contributed by atoms with E-state index in [9.17, 15) is 4.79 Å². The fourth-order valence-corrected chi connectivity index (χ4v) is 2.08. The van der Waals surface area contributed by atoms with Gasteiger partial charge in [-0.15, -0.1) is 0 Å². The molecule has 0 spiro atoms. The number of hydrogen-bond donors (Lipinski definition) is 2. The van der Waals surface area contributed by atoms with Gasteiger partial charge in [-0.3, -0.25) is 4.79 Å². The quantitative estimate of drug-likeness (QED) is 0.808. The van der Waals surface area contributed by atoms with Gasteiger partial charge >= 0.3 is 0 Å². The molecular weight excluding hydrogens is 264 g/mol. The number of carbonyl (C=O) groups is 1. The Bertz CT molecular complexity index is 541. The molecule has 1 rings (SSSR count). The highest BCUT2D eigenvalue weighted by atomic mass is 16.3. The SMILES string of the molecule is Cc1ccc(C#CCN)c(C(=O)N(CCCO)C(C)C)c1. The summed E-state index contributed by atoms with van der Waals surface area (Å²) in [6.07, 6.45) is 0.569. The van der Waals surface area contributed by atoms with Crippen LogP contribution in [-0.2, 0) is 0 Å². The lowest BCUT2D eigenvalue weighted by Crippen LogP contribution is -2.38. The van der Waals surface area contributed by atoms with Crippen LogP contribution in [0.5, 0.6) is 0 Å². The van der Waals surface area contributed by atoms with Gasteiger partial charge in [-0.1, -0.05) is 23.5 Å². The average Bonchev–Trinajstić information content (AvgIpc) is 2.45. The highest BCUT2D eigenvalue weighted by molar-refractivity contribution is 5.97. The molecule has 114 valence electrons. The fraction of sp³-hybridized carbons (Fsp3) is 0.471. The van der Waals surface area contributed by atoms with Crippen molar-refractivity contribution in [2.24, 2.45) is 5.73 Å². The van der Waals surface area contributed by atoms with E-state index in [-0.39, 0.29) is 25.1 Å². The summed E-state index contributed by atoms with van der Waals surface area (Å²) in [5, 5.41) is 8.99. The van der Waals surface area contributed by atoms with Crippen LogP contribution in [0, 0.1) is 18.8 Å². The van der Waals surface area contributed by atoms with Crippen molar-refractivity contribution in [3.05, 3.63) is 34.9 Å². The summed E-state index contributed by atoms with van der Waals surface area (Å²) in [6.45, 7) is 6.76. The highest BCUT2D eigenvalue weighted by Gasteiger charge is 2.20. The van der Waals surface area contributed by atoms with Crippen LogP contribution in [0.4, 0.5) is 0 Å². The van der Waals surface area contributed by atoms with Crippen LogP contribution in [0.1, 0.15) is 41.8 Å². The molecule has 0 fully saturated rings. The first kappa shape index (κ1) is 17.2. The van der Waals surface area contributed by atoms with Crippen LogP contribution in [0.15, 0.2) is 18.2 Å². The lowest BCUT2D eigenvalue weighted by atomic mass is 10.0. The number of aliphatic hydroxyl groups is 1. The molecule has 0 aliphatic heterocycles. The summed E-state index contributed by atoms with van der Waals surface area (Å²) in [5.74, 6) is 5.70. The van der Waals surface area contributed by atoms with Crippen LogP contribution < -0.4 is 5.73 Å². The maximum Gasteiger partial charge on any atom is 0.255 e. The third kappa shape index (κ3) is 4.89. The van der Waals surface area contributed by atoms with Crippen LogP contribution in [0.2, 0.25) is 0 Å². The maximum absolute atomic E-state index is 12.8. The molecule has 0 atom stereocenters. The molecule has 0 aliphatic carbocycles. The number of rotatable bonds is 5. The minimum absolute atomic E-state index is 0.0523. The van der Waals surface area contributed by atoms with Gasteiger partial charge < -0.3 is 15.7 Å². The smallest absolute Gasteiger partial charge is 0.255 e. The standard InChI is InChI=1S/C17H24N2O2/c1-13(2)19(10-5-11-20)17(21)16-12-14(3)7-8-15(16)6-4-9-18/h7-8,12-13,20H,5,9-11,18H2,1-3H3. The average molecular weight is 288 g/mol. The van der Waals surface area contributed by atoms with E-state index in [2.05, 4.69) is 11.8 Å². The first-order chi connectivity index (χ1) is 10.0. The predicted octanol–water partition coefficient (Wildman–Crippen LogP) is 1.54. The van der Waals surface area contributed by atoms with E-state index in [0.29, 0.717) is 24.1 Å². The van der Waals surface area contributed by atoms with Crippen molar-refractivity contribution in [2.45, 2.75) is 33.2 Å². The second-order valence-corrected chi connectivity index (χ2v) is 5.22. The Morgan fingerprint density at radius 3 is 2.71 bits per heavy atom. The van der Waals surface area contributed by atoms with Crippen molar-refractivity contribution < 1.29 is 9.90 Å². The molecule has 0 aliphatic rings. The van der Waals surface area contributed by atoms with Crippen molar-refractivity contribution in [2.75, 3.05) is 19.7 Å². The molecule has 0 saturated heterocycles.